The number of carbonyl (C=O) groups excluding carboxylic acids is 2. The first-order valence-electron chi connectivity index (χ1n) is 3.23. The number of rotatable bonds is 0. The van der Waals surface area contributed by atoms with E-state index in [1.165, 1.54) is 0 Å². The van der Waals surface area contributed by atoms with Crippen molar-refractivity contribution >= 4 is 43.4 Å². The van der Waals surface area contributed by atoms with Crippen molar-refractivity contribution in [2.45, 2.75) is 0 Å². The van der Waals surface area contributed by atoms with Crippen molar-refractivity contribution in [3.63, 3.8) is 0 Å². The first kappa shape index (κ1) is 10.8. The summed E-state index contributed by atoms with van der Waals surface area (Å²) in [5.41, 5.74) is -0.676. The topological polar surface area (TPSA) is 81.7 Å². The zero-order chi connectivity index (χ0) is 10.9. The molecule has 4 nitrogen and oxygen atoms in total. The molecule has 0 aliphatic heterocycles. The highest BCUT2D eigenvalue weighted by atomic mass is 79.9. The minimum atomic E-state index is -0.742. The molecule has 0 spiro atoms. The van der Waals surface area contributed by atoms with Gasteiger partial charge in [0.15, 0.2) is 0 Å². The summed E-state index contributed by atoms with van der Waals surface area (Å²) in [6, 6.07) is 3.15. The number of ketones is 2. The van der Waals surface area contributed by atoms with E-state index in [4.69, 9.17) is 10.5 Å². The van der Waals surface area contributed by atoms with Crippen LogP contribution in [0, 0.1) is 22.7 Å². The highest BCUT2D eigenvalue weighted by Crippen LogP contribution is 2.30. The molecule has 1 aliphatic carbocycles. The normalized spacial score (nSPS) is 16.9. The summed E-state index contributed by atoms with van der Waals surface area (Å²) in [4.78, 5) is 22.7. The molecule has 6 heteroatoms. The summed E-state index contributed by atoms with van der Waals surface area (Å²) >= 11 is 5.66. The second-order valence-electron chi connectivity index (χ2n) is 2.26. The fourth-order valence-electron chi connectivity index (χ4n) is 0.847. The fourth-order valence-corrected chi connectivity index (χ4v) is 2.05. The molecule has 68 valence electrons. The van der Waals surface area contributed by atoms with Crippen molar-refractivity contribution in [3.05, 3.63) is 20.1 Å². The maximum Gasteiger partial charge on any atom is 0.216 e. The minimum absolute atomic E-state index is 0.115. The standard InChI is InChI=1S/C8Br2N2O2/c9-5-3(1-11)7(13)4(2-12)6(10)8(5)14. The smallest absolute Gasteiger partial charge is 0.216 e. The Balaban J connectivity index is 3.48. The van der Waals surface area contributed by atoms with E-state index in [1.807, 2.05) is 0 Å². The van der Waals surface area contributed by atoms with Gasteiger partial charge in [0.05, 0.1) is 8.96 Å². The van der Waals surface area contributed by atoms with Crippen LogP contribution in [-0.2, 0) is 9.59 Å². The van der Waals surface area contributed by atoms with E-state index < -0.39 is 11.6 Å². The third-order valence-corrected chi connectivity index (χ3v) is 3.03. The molecule has 0 heterocycles. The first-order valence-corrected chi connectivity index (χ1v) is 4.82. The monoisotopic (exact) mass is 314 g/mol. The number of Topliss-reactive ketones (excluding diaryl/α,β-unsaturated/α-hetero) is 2. The largest absolute Gasteiger partial charge is 0.287 e. The molecule has 0 aromatic heterocycles. The van der Waals surface area contributed by atoms with Gasteiger partial charge in [-0.05, 0) is 31.9 Å². The van der Waals surface area contributed by atoms with Gasteiger partial charge in [-0.3, -0.25) is 9.59 Å². The Kier molecular flexibility index (Phi) is 3.00. The first-order chi connectivity index (χ1) is 6.54. The molecule has 0 atom stereocenters. The maximum absolute atomic E-state index is 11.4. The van der Waals surface area contributed by atoms with Crippen LogP contribution in [0.15, 0.2) is 20.1 Å². The van der Waals surface area contributed by atoms with E-state index in [0.29, 0.717) is 0 Å². The van der Waals surface area contributed by atoms with Gasteiger partial charge in [0.25, 0.3) is 0 Å². The lowest BCUT2D eigenvalue weighted by Gasteiger charge is -2.08. The highest BCUT2D eigenvalue weighted by molar-refractivity contribution is 9.13. The van der Waals surface area contributed by atoms with Crippen LogP contribution in [0.1, 0.15) is 0 Å². The minimum Gasteiger partial charge on any atom is -0.287 e. The Morgan fingerprint density at radius 2 is 1.21 bits per heavy atom. The van der Waals surface area contributed by atoms with Crippen LogP contribution >= 0.6 is 31.9 Å². The number of hydrogen-bond donors (Lipinski definition) is 0. The molecular formula is C8Br2N2O2. The highest BCUT2D eigenvalue weighted by Gasteiger charge is 2.32. The lowest BCUT2D eigenvalue weighted by molar-refractivity contribution is -0.115. The Morgan fingerprint density at radius 3 is 1.50 bits per heavy atom. The molecule has 0 aromatic rings. The van der Waals surface area contributed by atoms with Crippen LogP contribution in [0.5, 0.6) is 0 Å². The van der Waals surface area contributed by atoms with Crippen molar-refractivity contribution in [3.8, 4) is 12.1 Å². The number of nitriles is 2. The van der Waals surface area contributed by atoms with E-state index in [-0.39, 0.29) is 20.1 Å². The van der Waals surface area contributed by atoms with Crippen LogP contribution < -0.4 is 0 Å². The van der Waals surface area contributed by atoms with Crippen molar-refractivity contribution in [1.82, 2.24) is 0 Å². The van der Waals surface area contributed by atoms with E-state index >= 15 is 0 Å². The molecule has 1 aliphatic rings. The number of hydrogen-bond acceptors (Lipinski definition) is 4. The Labute approximate surface area is 95.8 Å². The average molecular weight is 316 g/mol. The average Bonchev–Trinajstić information content (AvgIpc) is 2.16. The second-order valence-corrected chi connectivity index (χ2v) is 3.85. The molecule has 0 unspecified atom stereocenters. The number of allylic oxidation sites excluding steroid dienone is 4. The predicted molar refractivity (Wildman–Crippen MR) is 53.1 cm³/mol. The molecule has 0 bridgehead atoms. The van der Waals surface area contributed by atoms with Gasteiger partial charge in [0, 0.05) is 0 Å². The molecule has 0 aromatic carbocycles. The summed E-state index contributed by atoms with van der Waals surface area (Å²) in [5, 5.41) is 17.2. The van der Waals surface area contributed by atoms with Gasteiger partial charge in [-0.1, -0.05) is 0 Å². The van der Waals surface area contributed by atoms with Gasteiger partial charge in [-0.2, -0.15) is 10.5 Å². The summed E-state index contributed by atoms with van der Waals surface area (Å²) in [6.45, 7) is 0. The number of halogens is 2. The lowest BCUT2D eigenvalue weighted by atomic mass is 9.98. The Morgan fingerprint density at radius 1 is 0.857 bits per heavy atom. The molecule has 1 rings (SSSR count). The molecule has 0 saturated carbocycles. The van der Waals surface area contributed by atoms with Crippen LogP contribution in [0.25, 0.3) is 0 Å². The zero-order valence-corrected chi connectivity index (χ0v) is 9.64. The van der Waals surface area contributed by atoms with Gasteiger partial charge in [-0.25, -0.2) is 0 Å². The molecular weight excluding hydrogens is 316 g/mol. The molecule has 0 saturated heterocycles. The SMILES string of the molecule is N#CC1=C(Br)C(=O)C(Br)=C(C#N)C1=O. The number of carbonyl (C=O) groups is 2. The van der Waals surface area contributed by atoms with E-state index in [9.17, 15) is 9.59 Å². The van der Waals surface area contributed by atoms with Gasteiger partial charge >= 0.3 is 0 Å². The lowest BCUT2D eigenvalue weighted by Crippen LogP contribution is -2.18. The van der Waals surface area contributed by atoms with Crippen LogP contribution in [0.4, 0.5) is 0 Å². The van der Waals surface area contributed by atoms with E-state index in [2.05, 4.69) is 31.9 Å². The molecule has 0 fully saturated rings. The Hall–Kier alpha value is -1.24. The predicted octanol–water partition coefficient (Wildman–Crippen LogP) is 1.48. The molecule has 0 N–H and O–H groups in total. The number of nitrogens with zero attached hydrogens (tertiary/aromatic N) is 2. The van der Waals surface area contributed by atoms with Gasteiger partial charge in [-0.15, -0.1) is 0 Å². The van der Waals surface area contributed by atoms with Crippen molar-refractivity contribution in [2.75, 3.05) is 0 Å². The van der Waals surface area contributed by atoms with E-state index in [0.717, 1.165) is 0 Å². The maximum atomic E-state index is 11.4. The zero-order valence-electron chi connectivity index (χ0n) is 6.47. The third kappa shape index (κ3) is 1.43. The summed E-state index contributed by atoms with van der Waals surface area (Å²) in [7, 11) is 0. The van der Waals surface area contributed by atoms with Crippen molar-refractivity contribution < 1.29 is 9.59 Å². The third-order valence-electron chi connectivity index (χ3n) is 1.52. The van der Waals surface area contributed by atoms with Crippen LogP contribution in [0.3, 0.4) is 0 Å². The molecule has 0 amide bonds. The van der Waals surface area contributed by atoms with Gasteiger partial charge in [0.2, 0.25) is 11.6 Å². The summed E-state index contributed by atoms with van der Waals surface area (Å²) in [5.74, 6) is -1.31. The second kappa shape index (κ2) is 3.87. The quantitative estimate of drug-likeness (QED) is 0.634. The van der Waals surface area contributed by atoms with Gasteiger partial charge in [0.1, 0.15) is 23.3 Å². The van der Waals surface area contributed by atoms with E-state index in [1.54, 1.807) is 12.1 Å². The van der Waals surface area contributed by atoms with Crippen LogP contribution in [0.2, 0.25) is 0 Å². The molecule has 0 radical (unpaired) electrons. The fraction of sp³-hybridized carbons (Fsp3) is 0. The van der Waals surface area contributed by atoms with Crippen molar-refractivity contribution in [2.24, 2.45) is 0 Å². The van der Waals surface area contributed by atoms with Crippen LogP contribution in [-0.4, -0.2) is 11.6 Å². The van der Waals surface area contributed by atoms with Crippen molar-refractivity contribution in [1.29, 1.82) is 10.5 Å². The Bertz CT molecular complexity index is 446. The summed E-state index contributed by atoms with van der Waals surface area (Å²) < 4.78 is -0.230. The molecule has 14 heavy (non-hydrogen) atoms. The summed E-state index contributed by atoms with van der Waals surface area (Å²) in [6.07, 6.45) is 0. The van der Waals surface area contributed by atoms with Gasteiger partial charge < -0.3 is 0 Å².